The van der Waals surface area contributed by atoms with E-state index in [0.717, 1.165) is 12.1 Å². The normalized spacial score (nSPS) is 13.4. The number of aliphatic carboxylic acids is 1. The maximum atomic E-state index is 14.2. The summed E-state index contributed by atoms with van der Waals surface area (Å²) in [4.78, 5) is 22.6. The molecule has 0 bridgehead atoms. The van der Waals surface area contributed by atoms with Gasteiger partial charge < -0.3 is 15.2 Å². The highest BCUT2D eigenvalue weighted by atomic mass is 19.3. The van der Waals surface area contributed by atoms with Crippen molar-refractivity contribution in [1.29, 1.82) is 0 Å². The van der Waals surface area contributed by atoms with Crippen molar-refractivity contribution in [2.45, 2.75) is 38.3 Å². The van der Waals surface area contributed by atoms with E-state index in [0.29, 0.717) is 0 Å². The zero-order valence-corrected chi connectivity index (χ0v) is 11.9. The molecule has 116 valence electrons. The third kappa shape index (κ3) is 4.70. The molecule has 0 saturated carbocycles. The Morgan fingerprint density at radius 1 is 1.19 bits per heavy atom. The molecule has 0 heterocycles. The highest BCUT2D eigenvalue weighted by Crippen LogP contribution is 2.32. The molecule has 0 aliphatic carbocycles. The number of alkyl halides is 2. The van der Waals surface area contributed by atoms with Crippen LogP contribution in [-0.2, 0) is 15.5 Å². The fourth-order valence-corrected chi connectivity index (χ4v) is 1.56. The first-order valence-electron chi connectivity index (χ1n) is 6.19. The van der Waals surface area contributed by atoms with Gasteiger partial charge in [0.1, 0.15) is 5.60 Å². The maximum absolute atomic E-state index is 14.2. The first kappa shape index (κ1) is 16.9. The monoisotopic (exact) mass is 301 g/mol. The molecule has 1 unspecified atom stereocenters. The molecule has 0 aliphatic rings. The quantitative estimate of drug-likeness (QED) is 0.896. The van der Waals surface area contributed by atoms with E-state index in [1.54, 1.807) is 5.32 Å². The van der Waals surface area contributed by atoms with Crippen molar-refractivity contribution in [3.63, 3.8) is 0 Å². The van der Waals surface area contributed by atoms with Gasteiger partial charge in [-0.1, -0.05) is 30.3 Å². The number of nitrogens with one attached hydrogen (secondary N) is 1. The van der Waals surface area contributed by atoms with Crippen molar-refractivity contribution in [3.05, 3.63) is 35.9 Å². The van der Waals surface area contributed by atoms with Crippen molar-refractivity contribution >= 4 is 12.1 Å². The van der Waals surface area contributed by atoms with Crippen LogP contribution in [0.2, 0.25) is 0 Å². The van der Waals surface area contributed by atoms with Crippen molar-refractivity contribution in [2.75, 3.05) is 0 Å². The summed E-state index contributed by atoms with van der Waals surface area (Å²) < 4.78 is 33.2. The number of amides is 1. The molecule has 1 aromatic carbocycles. The summed E-state index contributed by atoms with van der Waals surface area (Å²) >= 11 is 0. The summed E-state index contributed by atoms with van der Waals surface area (Å²) in [6.07, 6.45) is -1.22. The lowest BCUT2D eigenvalue weighted by atomic mass is 10.0. The Labute approximate surface area is 120 Å². The van der Waals surface area contributed by atoms with Gasteiger partial charge in [0.2, 0.25) is 0 Å². The van der Waals surface area contributed by atoms with Crippen molar-refractivity contribution in [1.82, 2.24) is 5.32 Å². The van der Waals surface area contributed by atoms with Crippen LogP contribution in [0.3, 0.4) is 0 Å². The molecule has 1 rings (SSSR count). The number of rotatable bonds is 4. The van der Waals surface area contributed by atoms with Crippen LogP contribution in [0.25, 0.3) is 0 Å². The highest BCUT2D eigenvalue weighted by molar-refractivity contribution is 5.81. The first-order chi connectivity index (χ1) is 9.54. The number of hydrogen-bond acceptors (Lipinski definition) is 3. The maximum Gasteiger partial charge on any atom is 0.408 e. The van der Waals surface area contributed by atoms with Crippen LogP contribution < -0.4 is 5.32 Å². The standard InChI is InChI=1S/C14H17F2NO4/c1-13(2,3)21-12(20)17-10(11(18)19)14(15,16)9-7-5-4-6-8-9/h4-8,10H,1-3H3,(H,17,20)(H,18,19). The molecule has 1 aromatic rings. The number of carboxylic acid groups (broad SMARTS) is 1. The Bertz CT molecular complexity index is 511. The van der Waals surface area contributed by atoms with E-state index in [1.165, 1.54) is 39.0 Å². The number of carbonyl (C=O) groups is 2. The van der Waals surface area contributed by atoms with Crippen LogP contribution in [0.4, 0.5) is 13.6 Å². The van der Waals surface area contributed by atoms with Gasteiger partial charge in [-0.2, -0.15) is 8.78 Å². The van der Waals surface area contributed by atoms with Gasteiger partial charge in [0.15, 0.2) is 6.04 Å². The molecule has 7 heteroatoms. The van der Waals surface area contributed by atoms with Crippen LogP contribution in [0, 0.1) is 0 Å². The third-order valence-electron chi connectivity index (χ3n) is 2.43. The molecule has 0 radical (unpaired) electrons. The molecule has 0 fully saturated rings. The van der Waals surface area contributed by atoms with E-state index in [9.17, 15) is 18.4 Å². The molecule has 21 heavy (non-hydrogen) atoms. The van der Waals surface area contributed by atoms with Gasteiger partial charge in [0.25, 0.3) is 0 Å². The molecule has 1 atom stereocenters. The average molecular weight is 301 g/mol. The van der Waals surface area contributed by atoms with E-state index in [1.807, 2.05) is 0 Å². The second-order valence-corrected chi connectivity index (χ2v) is 5.41. The minimum Gasteiger partial charge on any atom is -0.480 e. The summed E-state index contributed by atoms with van der Waals surface area (Å²) in [5.74, 6) is -5.63. The molecule has 0 aromatic heterocycles. The first-order valence-corrected chi connectivity index (χ1v) is 6.19. The number of carboxylic acids is 1. The fourth-order valence-electron chi connectivity index (χ4n) is 1.56. The highest BCUT2D eigenvalue weighted by Gasteiger charge is 2.47. The molecule has 0 spiro atoms. The Hall–Kier alpha value is -2.18. The second-order valence-electron chi connectivity index (χ2n) is 5.41. The third-order valence-corrected chi connectivity index (χ3v) is 2.43. The predicted octanol–water partition coefficient (Wildman–Crippen LogP) is 2.76. The van der Waals surface area contributed by atoms with Gasteiger partial charge in [-0.15, -0.1) is 0 Å². The largest absolute Gasteiger partial charge is 0.480 e. The summed E-state index contributed by atoms with van der Waals surface area (Å²) in [6, 6.07) is 4.00. The number of hydrogen-bond donors (Lipinski definition) is 2. The lowest BCUT2D eigenvalue weighted by Crippen LogP contribution is -2.52. The van der Waals surface area contributed by atoms with E-state index in [4.69, 9.17) is 9.84 Å². The SMILES string of the molecule is CC(C)(C)OC(=O)NC(C(=O)O)C(F)(F)c1ccccc1. The van der Waals surface area contributed by atoms with Crippen molar-refractivity contribution < 1.29 is 28.2 Å². The Balaban J connectivity index is 2.97. The number of benzene rings is 1. The van der Waals surface area contributed by atoms with E-state index >= 15 is 0 Å². The minimum absolute atomic E-state index is 0.506. The van der Waals surface area contributed by atoms with Crippen molar-refractivity contribution in [2.24, 2.45) is 0 Å². The molecule has 0 saturated heterocycles. The van der Waals surface area contributed by atoms with Crippen LogP contribution in [-0.4, -0.2) is 28.8 Å². The van der Waals surface area contributed by atoms with Crippen LogP contribution in [0.1, 0.15) is 26.3 Å². The molecule has 5 nitrogen and oxygen atoms in total. The van der Waals surface area contributed by atoms with Gasteiger partial charge in [-0.25, -0.2) is 9.59 Å². The molecule has 0 aliphatic heterocycles. The Morgan fingerprint density at radius 3 is 2.14 bits per heavy atom. The molecular formula is C14H17F2NO4. The van der Waals surface area contributed by atoms with Gasteiger partial charge in [-0.05, 0) is 20.8 Å². The minimum atomic E-state index is -3.77. The zero-order chi connectivity index (χ0) is 16.3. The Kier molecular flexibility index (Phi) is 4.88. The summed E-state index contributed by atoms with van der Waals surface area (Å²) in [5.41, 5.74) is -1.43. The van der Waals surface area contributed by atoms with Crippen LogP contribution in [0.15, 0.2) is 30.3 Å². The summed E-state index contributed by atoms with van der Waals surface area (Å²) in [5, 5.41) is 10.7. The van der Waals surface area contributed by atoms with E-state index in [-0.39, 0.29) is 0 Å². The second kappa shape index (κ2) is 6.07. The lowest BCUT2D eigenvalue weighted by Gasteiger charge is -2.26. The predicted molar refractivity (Wildman–Crippen MR) is 71.1 cm³/mol. The van der Waals surface area contributed by atoms with E-state index < -0.39 is 35.2 Å². The van der Waals surface area contributed by atoms with Gasteiger partial charge >= 0.3 is 18.0 Å². The topological polar surface area (TPSA) is 75.6 Å². The molecular weight excluding hydrogens is 284 g/mol. The smallest absolute Gasteiger partial charge is 0.408 e. The van der Waals surface area contributed by atoms with Gasteiger partial charge in [0, 0.05) is 5.56 Å². The lowest BCUT2D eigenvalue weighted by molar-refractivity contribution is -0.151. The van der Waals surface area contributed by atoms with Gasteiger partial charge in [-0.3, -0.25) is 0 Å². The van der Waals surface area contributed by atoms with E-state index in [2.05, 4.69) is 0 Å². The molecule has 1 amide bonds. The Morgan fingerprint density at radius 2 is 1.71 bits per heavy atom. The number of alkyl carbamates (subject to hydrolysis) is 1. The number of ether oxygens (including phenoxy) is 1. The molecule has 2 N–H and O–H groups in total. The number of halogens is 2. The summed E-state index contributed by atoms with van der Waals surface area (Å²) in [7, 11) is 0. The van der Waals surface area contributed by atoms with Gasteiger partial charge in [0.05, 0.1) is 0 Å². The number of carbonyl (C=O) groups excluding carboxylic acids is 1. The average Bonchev–Trinajstić information content (AvgIpc) is 2.34. The summed E-state index contributed by atoms with van der Waals surface area (Å²) in [6.45, 7) is 4.62. The van der Waals surface area contributed by atoms with Crippen LogP contribution in [0.5, 0.6) is 0 Å². The van der Waals surface area contributed by atoms with Crippen LogP contribution >= 0.6 is 0 Å². The fraction of sp³-hybridized carbons (Fsp3) is 0.429. The zero-order valence-electron chi connectivity index (χ0n) is 11.9. The van der Waals surface area contributed by atoms with Crippen molar-refractivity contribution in [3.8, 4) is 0 Å².